The van der Waals surface area contributed by atoms with E-state index < -0.39 is 0 Å². The van der Waals surface area contributed by atoms with Crippen LogP contribution in [0.3, 0.4) is 0 Å². The average molecular weight is 487 g/mol. The predicted octanol–water partition coefficient (Wildman–Crippen LogP) is 3.38. The number of nitrogens with one attached hydrogen (secondary N) is 3. The topological polar surface area (TPSA) is 51.7 Å². The maximum atomic E-state index is 4.39. The minimum absolute atomic E-state index is 0. The molecule has 1 aliphatic heterocycles. The molecule has 27 heavy (non-hydrogen) atoms. The highest BCUT2D eigenvalue weighted by Crippen LogP contribution is 2.16. The Labute approximate surface area is 182 Å². The second-order valence-corrected chi connectivity index (χ2v) is 7.89. The number of rotatable bonds is 8. The lowest BCUT2D eigenvalue weighted by Crippen LogP contribution is -2.53. The van der Waals surface area contributed by atoms with Crippen molar-refractivity contribution in [2.75, 3.05) is 33.2 Å². The summed E-state index contributed by atoms with van der Waals surface area (Å²) < 4.78 is 0. The SMILES string of the molecule is CCN1CCCC1CNC(=NC)NCC(C)(C)NC(C)c1ccccc1.I. The van der Waals surface area contributed by atoms with E-state index >= 15 is 0 Å². The van der Waals surface area contributed by atoms with Gasteiger partial charge in [-0.05, 0) is 52.3 Å². The van der Waals surface area contributed by atoms with E-state index in [0.717, 1.165) is 25.6 Å². The number of likely N-dealkylation sites (N-methyl/N-ethyl adjacent to an activating group) is 1. The van der Waals surface area contributed by atoms with Gasteiger partial charge in [-0.2, -0.15) is 0 Å². The number of likely N-dealkylation sites (tertiary alicyclic amines) is 1. The fourth-order valence-corrected chi connectivity index (χ4v) is 3.74. The third kappa shape index (κ3) is 7.95. The molecule has 2 atom stereocenters. The predicted molar refractivity (Wildman–Crippen MR) is 127 cm³/mol. The van der Waals surface area contributed by atoms with Crippen molar-refractivity contribution < 1.29 is 0 Å². The molecule has 6 heteroatoms. The molecule has 1 aliphatic rings. The highest BCUT2D eigenvalue weighted by molar-refractivity contribution is 14.0. The van der Waals surface area contributed by atoms with Gasteiger partial charge in [0, 0.05) is 37.8 Å². The lowest BCUT2D eigenvalue weighted by molar-refractivity contribution is 0.266. The molecule has 0 radical (unpaired) electrons. The van der Waals surface area contributed by atoms with Crippen molar-refractivity contribution >= 4 is 29.9 Å². The Balaban J connectivity index is 0.00000364. The second-order valence-electron chi connectivity index (χ2n) is 7.89. The summed E-state index contributed by atoms with van der Waals surface area (Å²) in [6.07, 6.45) is 2.58. The first-order valence-corrected chi connectivity index (χ1v) is 9.96. The molecular weight excluding hydrogens is 449 g/mol. The van der Waals surface area contributed by atoms with Crippen LogP contribution in [0.1, 0.15) is 52.1 Å². The number of halogens is 1. The molecule has 5 nitrogen and oxygen atoms in total. The molecule has 0 aliphatic carbocycles. The van der Waals surface area contributed by atoms with Gasteiger partial charge in [-0.3, -0.25) is 9.89 Å². The highest BCUT2D eigenvalue weighted by Gasteiger charge is 2.24. The lowest BCUT2D eigenvalue weighted by Gasteiger charge is -2.32. The Bertz CT molecular complexity index is 561. The number of hydrogen-bond donors (Lipinski definition) is 3. The molecule has 1 heterocycles. The van der Waals surface area contributed by atoms with Crippen LogP contribution in [0.2, 0.25) is 0 Å². The minimum Gasteiger partial charge on any atom is -0.355 e. The molecule has 1 aromatic rings. The summed E-state index contributed by atoms with van der Waals surface area (Å²) in [5.74, 6) is 0.884. The molecule has 154 valence electrons. The molecule has 3 N–H and O–H groups in total. The van der Waals surface area contributed by atoms with Gasteiger partial charge in [-0.1, -0.05) is 37.3 Å². The number of nitrogens with zero attached hydrogens (tertiary/aromatic N) is 2. The van der Waals surface area contributed by atoms with Crippen LogP contribution in [0.25, 0.3) is 0 Å². The van der Waals surface area contributed by atoms with E-state index in [4.69, 9.17) is 0 Å². The van der Waals surface area contributed by atoms with Crippen LogP contribution < -0.4 is 16.0 Å². The summed E-state index contributed by atoms with van der Waals surface area (Å²) in [5, 5.41) is 10.7. The monoisotopic (exact) mass is 487 g/mol. The fourth-order valence-electron chi connectivity index (χ4n) is 3.74. The number of benzene rings is 1. The summed E-state index contributed by atoms with van der Waals surface area (Å²) in [4.78, 5) is 6.94. The molecular formula is C21H38IN5. The normalized spacial score (nSPS) is 19.4. The summed E-state index contributed by atoms with van der Waals surface area (Å²) in [5.41, 5.74) is 1.26. The molecule has 0 amide bonds. The molecule has 1 fully saturated rings. The van der Waals surface area contributed by atoms with Crippen molar-refractivity contribution in [3.63, 3.8) is 0 Å². The zero-order valence-electron chi connectivity index (χ0n) is 17.6. The number of hydrogen-bond acceptors (Lipinski definition) is 3. The van der Waals surface area contributed by atoms with E-state index in [1.807, 2.05) is 7.05 Å². The van der Waals surface area contributed by atoms with Gasteiger partial charge in [0.05, 0.1) is 0 Å². The largest absolute Gasteiger partial charge is 0.355 e. The van der Waals surface area contributed by atoms with Crippen molar-refractivity contribution in [1.29, 1.82) is 0 Å². The van der Waals surface area contributed by atoms with Gasteiger partial charge in [0.1, 0.15) is 0 Å². The Morgan fingerprint density at radius 1 is 1.26 bits per heavy atom. The minimum atomic E-state index is -0.0459. The first-order valence-electron chi connectivity index (χ1n) is 9.96. The van der Waals surface area contributed by atoms with E-state index in [1.54, 1.807) is 0 Å². The number of guanidine groups is 1. The molecule has 0 saturated carbocycles. The third-order valence-corrected chi connectivity index (χ3v) is 5.24. The van der Waals surface area contributed by atoms with Crippen LogP contribution in [0, 0.1) is 0 Å². The van der Waals surface area contributed by atoms with Gasteiger partial charge in [0.15, 0.2) is 5.96 Å². The van der Waals surface area contributed by atoms with Crippen LogP contribution in [-0.4, -0.2) is 55.7 Å². The van der Waals surface area contributed by atoms with Crippen molar-refractivity contribution in [2.24, 2.45) is 4.99 Å². The van der Waals surface area contributed by atoms with E-state index in [2.05, 4.69) is 83.9 Å². The van der Waals surface area contributed by atoms with Crippen molar-refractivity contribution in [3.05, 3.63) is 35.9 Å². The van der Waals surface area contributed by atoms with Crippen molar-refractivity contribution in [1.82, 2.24) is 20.9 Å². The standard InChI is InChI=1S/C21H37N5.HI/c1-6-26-14-10-13-19(26)15-23-20(22-5)24-16-21(3,4)25-17(2)18-11-8-7-9-12-18;/h7-9,11-12,17,19,25H,6,10,13-16H2,1-5H3,(H2,22,23,24);1H. The lowest BCUT2D eigenvalue weighted by atomic mass is 10.0. The summed E-state index contributed by atoms with van der Waals surface area (Å²) >= 11 is 0. The zero-order chi connectivity index (χ0) is 19.0. The van der Waals surface area contributed by atoms with Crippen LogP contribution in [0.15, 0.2) is 35.3 Å². The van der Waals surface area contributed by atoms with E-state index in [0.29, 0.717) is 12.1 Å². The zero-order valence-corrected chi connectivity index (χ0v) is 19.9. The van der Waals surface area contributed by atoms with Gasteiger partial charge in [0.25, 0.3) is 0 Å². The Kier molecular flexibility index (Phi) is 10.6. The second kappa shape index (κ2) is 11.9. The molecule has 0 aromatic heterocycles. The molecule has 0 bridgehead atoms. The third-order valence-electron chi connectivity index (χ3n) is 5.24. The molecule has 1 aromatic carbocycles. The van der Waals surface area contributed by atoms with Crippen LogP contribution in [-0.2, 0) is 0 Å². The quantitative estimate of drug-likeness (QED) is 0.299. The summed E-state index contributed by atoms with van der Waals surface area (Å²) in [7, 11) is 1.84. The smallest absolute Gasteiger partial charge is 0.191 e. The molecule has 0 spiro atoms. The van der Waals surface area contributed by atoms with Crippen LogP contribution in [0.5, 0.6) is 0 Å². The van der Waals surface area contributed by atoms with Crippen LogP contribution >= 0.6 is 24.0 Å². The first kappa shape index (κ1) is 24.2. The average Bonchev–Trinajstić information content (AvgIpc) is 3.09. The van der Waals surface area contributed by atoms with Crippen molar-refractivity contribution in [3.8, 4) is 0 Å². The van der Waals surface area contributed by atoms with Crippen LogP contribution in [0.4, 0.5) is 0 Å². The van der Waals surface area contributed by atoms with E-state index in [1.165, 1.54) is 24.9 Å². The molecule has 1 saturated heterocycles. The highest BCUT2D eigenvalue weighted by atomic mass is 127. The van der Waals surface area contributed by atoms with Gasteiger partial charge in [-0.15, -0.1) is 24.0 Å². The first-order chi connectivity index (χ1) is 12.4. The Morgan fingerprint density at radius 2 is 1.96 bits per heavy atom. The maximum absolute atomic E-state index is 4.39. The van der Waals surface area contributed by atoms with Gasteiger partial charge in [0.2, 0.25) is 0 Å². The van der Waals surface area contributed by atoms with Crippen molar-refractivity contribution in [2.45, 2.75) is 58.2 Å². The fraction of sp³-hybridized carbons (Fsp3) is 0.667. The van der Waals surface area contributed by atoms with Gasteiger partial charge < -0.3 is 16.0 Å². The molecule has 2 unspecified atom stereocenters. The molecule has 2 rings (SSSR count). The van der Waals surface area contributed by atoms with Gasteiger partial charge >= 0.3 is 0 Å². The van der Waals surface area contributed by atoms with E-state index in [-0.39, 0.29) is 29.5 Å². The van der Waals surface area contributed by atoms with E-state index in [9.17, 15) is 0 Å². The van der Waals surface area contributed by atoms with Gasteiger partial charge in [-0.25, -0.2) is 0 Å². The Morgan fingerprint density at radius 3 is 2.59 bits per heavy atom. The number of aliphatic imine (C=N–C) groups is 1. The summed E-state index contributed by atoms with van der Waals surface area (Å²) in [6, 6.07) is 11.5. The Hall–Kier alpha value is -0.860. The maximum Gasteiger partial charge on any atom is 0.191 e. The summed E-state index contributed by atoms with van der Waals surface area (Å²) in [6.45, 7) is 13.0.